The van der Waals surface area contributed by atoms with E-state index in [1.807, 2.05) is 0 Å². The minimum absolute atomic E-state index is 0.0577. The Kier molecular flexibility index (Phi) is 9.17. The molecule has 2 amide bonds. The minimum atomic E-state index is -4.20. The van der Waals surface area contributed by atoms with Gasteiger partial charge < -0.3 is 10.2 Å². The monoisotopic (exact) mass is 559 g/mol. The molecule has 202 valence electrons. The van der Waals surface area contributed by atoms with Crippen LogP contribution in [0, 0.1) is 5.82 Å². The summed E-state index contributed by atoms with van der Waals surface area (Å²) in [5.74, 6) is -1.66. The Hall–Kier alpha value is -3.43. The van der Waals surface area contributed by atoms with Gasteiger partial charge in [0, 0.05) is 22.7 Å². The summed E-state index contributed by atoms with van der Waals surface area (Å²) >= 11 is 5.95. The number of anilines is 1. The SMILES string of the molecule is C[C@H](C(=O)NC(C)(C)C)N(Cc1ccccc1F)C(=O)CN(c1ccccc1)S(=O)(=O)c1ccc(Cl)cc1. The zero-order valence-electron chi connectivity index (χ0n) is 21.7. The molecule has 0 bridgehead atoms. The molecule has 0 saturated carbocycles. The maximum absolute atomic E-state index is 14.6. The van der Waals surface area contributed by atoms with E-state index in [0.717, 1.165) is 4.31 Å². The van der Waals surface area contributed by atoms with Gasteiger partial charge in [-0.2, -0.15) is 0 Å². The Morgan fingerprint density at radius 3 is 2.11 bits per heavy atom. The molecule has 0 aromatic heterocycles. The Labute approximate surface area is 228 Å². The molecule has 10 heteroatoms. The van der Waals surface area contributed by atoms with Crippen LogP contribution in [0.4, 0.5) is 10.1 Å². The van der Waals surface area contributed by atoms with Crippen LogP contribution in [0.2, 0.25) is 5.02 Å². The average molecular weight is 560 g/mol. The highest BCUT2D eigenvalue weighted by molar-refractivity contribution is 7.92. The molecule has 0 radical (unpaired) electrons. The number of carbonyl (C=O) groups excluding carboxylic acids is 2. The highest BCUT2D eigenvalue weighted by Crippen LogP contribution is 2.25. The summed E-state index contributed by atoms with van der Waals surface area (Å²) in [6.45, 7) is 6.09. The number of hydrogen-bond acceptors (Lipinski definition) is 4. The lowest BCUT2D eigenvalue weighted by atomic mass is 10.1. The molecule has 0 aliphatic heterocycles. The second-order valence-corrected chi connectivity index (χ2v) is 12.1. The molecule has 0 heterocycles. The first-order chi connectivity index (χ1) is 17.8. The van der Waals surface area contributed by atoms with Gasteiger partial charge in [-0.25, -0.2) is 12.8 Å². The third-order valence-electron chi connectivity index (χ3n) is 5.69. The van der Waals surface area contributed by atoms with Crippen molar-refractivity contribution in [3.8, 4) is 0 Å². The van der Waals surface area contributed by atoms with Crippen LogP contribution >= 0.6 is 11.6 Å². The number of halogens is 2. The predicted molar refractivity (Wildman–Crippen MR) is 147 cm³/mol. The quantitative estimate of drug-likeness (QED) is 0.399. The summed E-state index contributed by atoms with van der Waals surface area (Å²) in [4.78, 5) is 28.0. The second kappa shape index (κ2) is 12.0. The number of hydrogen-bond donors (Lipinski definition) is 1. The third-order valence-corrected chi connectivity index (χ3v) is 7.73. The first-order valence-corrected chi connectivity index (χ1v) is 13.8. The van der Waals surface area contributed by atoms with Gasteiger partial charge >= 0.3 is 0 Å². The lowest BCUT2D eigenvalue weighted by Crippen LogP contribution is -2.54. The summed E-state index contributed by atoms with van der Waals surface area (Å²) in [7, 11) is -4.20. The van der Waals surface area contributed by atoms with Gasteiger partial charge in [-0.05, 0) is 70.2 Å². The van der Waals surface area contributed by atoms with Crippen LogP contribution in [0.25, 0.3) is 0 Å². The van der Waals surface area contributed by atoms with Gasteiger partial charge in [0.1, 0.15) is 18.4 Å². The maximum atomic E-state index is 14.6. The van der Waals surface area contributed by atoms with Crippen LogP contribution in [0.1, 0.15) is 33.3 Å². The Balaban J connectivity index is 2.02. The topological polar surface area (TPSA) is 86.8 Å². The van der Waals surface area contributed by atoms with E-state index in [4.69, 9.17) is 11.6 Å². The number of para-hydroxylation sites is 1. The highest BCUT2D eigenvalue weighted by Gasteiger charge is 2.33. The van der Waals surface area contributed by atoms with Crippen molar-refractivity contribution in [1.82, 2.24) is 10.2 Å². The standard InChI is InChI=1S/C28H31ClFN3O4S/c1-20(27(35)31-28(2,3)4)32(18-21-10-8-9-13-25(21)30)26(34)19-33(23-11-6-5-7-12-23)38(36,37)24-16-14-22(29)15-17-24/h5-17,20H,18-19H2,1-4H3,(H,31,35)/t20-/m1/s1. The summed E-state index contributed by atoms with van der Waals surface area (Å²) in [6.07, 6.45) is 0. The molecule has 0 aliphatic carbocycles. The van der Waals surface area contributed by atoms with E-state index >= 15 is 0 Å². The van der Waals surface area contributed by atoms with E-state index < -0.39 is 45.8 Å². The molecule has 0 aliphatic rings. The van der Waals surface area contributed by atoms with Gasteiger partial charge in [0.05, 0.1) is 10.6 Å². The smallest absolute Gasteiger partial charge is 0.264 e. The van der Waals surface area contributed by atoms with Gasteiger partial charge in [-0.1, -0.05) is 48.0 Å². The number of benzene rings is 3. The zero-order valence-corrected chi connectivity index (χ0v) is 23.3. The van der Waals surface area contributed by atoms with E-state index in [1.165, 1.54) is 54.3 Å². The van der Waals surface area contributed by atoms with Gasteiger partial charge in [0.25, 0.3) is 10.0 Å². The van der Waals surface area contributed by atoms with Crippen LogP contribution in [0.15, 0.2) is 83.8 Å². The van der Waals surface area contributed by atoms with Crippen molar-refractivity contribution in [2.75, 3.05) is 10.8 Å². The predicted octanol–water partition coefficient (Wildman–Crippen LogP) is 5.01. The van der Waals surface area contributed by atoms with E-state index in [-0.39, 0.29) is 22.7 Å². The lowest BCUT2D eigenvalue weighted by molar-refractivity contribution is -0.140. The first kappa shape index (κ1) is 29.1. The molecular formula is C28H31ClFN3O4S. The van der Waals surface area contributed by atoms with Crippen molar-refractivity contribution in [3.63, 3.8) is 0 Å². The van der Waals surface area contributed by atoms with Crippen molar-refractivity contribution < 1.29 is 22.4 Å². The molecule has 3 rings (SSSR count). The van der Waals surface area contributed by atoms with Crippen LogP contribution < -0.4 is 9.62 Å². The van der Waals surface area contributed by atoms with Crippen LogP contribution in [-0.2, 0) is 26.2 Å². The van der Waals surface area contributed by atoms with Crippen molar-refractivity contribution in [3.05, 3.63) is 95.3 Å². The molecular weight excluding hydrogens is 529 g/mol. The van der Waals surface area contributed by atoms with Gasteiger partial charge in [-0.3, -0.25) is 13.9 Å². The third kappa shape index (κ3) is 7.33. The number of carbonyl (C=O) groups is 2. The largest absolute Gasteiger partial charge is 0.350 e. The van der Waals surface area contributed by atoms with Crippen molar-refractivity contribution >= 4 is 39.1 Å². The number of nitrogens with one attached hydrogen (secondary N) is 1. The molecule has 0 unspecified atom stereocenters. The molecule has 3 aromatic rings. The first-order valence-electron chi connectivity index (χ1n) is 12.0. The fourth-order valence-corrected chi connectivity index (χ4v) is 5.26. The minimum Gasteiger partial charge on any atom is -0.350 e. The molecule has 1 N–H and O–H groups in total. The molecule has 0 saturated heterocycles. The fraction of sp³-hybridized carbons (Fsp3) is 0.286. The second-order valence-electron chi connectivity index (χ2n) is 9.83. The summed E-state index contributed by atoms with van der Waals surface area (Å²) in [5, 5.41) is 3.19. The van der Waals surface area contributed by atoms with E-state index in [0.29, 0.717) is 5.02 Å². The molecule has 0 spiro atoms. The molecule has 38 heavy (non-hydrogen) atoms. The Morgan fingerprint density at radius 1 is 0.947 bits per heavy atom. The summed E-state index contributed by atoms with van der Waals surface area (Å²) in [5.41, 5.74) is -0.122. The Bertz CT molecular complexity index is 1380. The van der Waals surface area contributed by atoms with Gasteiger partial charge in [0.2, 0.25) is 11.8 Å². The zero-order chi connectivity index (χ0) is 28.1. The van der Waals surface area contributed by atoms with E-state index in [9.17, 15) is 22.4 Å². The normalized spacial score (nSPS) is 12.5. The number of nitrogens with zero attached hydrogens (tertiary/aromatic N) is 2. The summed E-state index contributed by atoms with van der Waals surface area (Å²) < 4.78 is 42.9. The highest BCUT2D eigenvalue weighted by atomic mass is 35.5. The van der Waals surface area contributed by atoms with E-state index in [1.54, 1.807) is 57.2 Å². The van der Waals surface area contributed by atoms with Crippen LogP contribution in [-0.4, -0.2) is 43.3 Å². The van der Waals surface area contributed by atoms with Crippen LogP contribution in [0.5, 0.6) is 0 Å². The van der Waals surface area contributed by atoms with E-state index in [2.05, 4.69) is 5.32 Å². The average Bonchev–Trinajstić information content (AvgIpc) is 2.86. The molecule has 0 fully saturated rings. The summed E-state index contributed by atoms with van der Waals surface area (Å²) in [6, 6.07) is 18.7. The van der Waals surface area contributed by atoms with Crippen LogP contribution in [0.3, 0.4) is 0 Å². The lowest BCUT2D eigenvalue weighted by Gasteiger charge is -2.33. The number of sulfonamides is 1. The van der Waals surface area contributed by atoms with Crippen molar-refractivity contribution in [2.24, 2.45) is 0 Å². The maximum Gasteiger partial charge on any atom is 0.264 e. The molecule has 1 atom stereocenters. The van der Waals surface area contributed by atoms with Crippen molar-refractivity contribution in [1.29, 1.82) is 0 Å². The fourth-order valence-electron chi connectivity index (χ4n) is 3.72. The van der Waals surface area contributed by atoms with Crippen molar-refractivity contribution in [2.45, 2.75) is 50.7 Å². The van der Waals surface area contributed by atoms with Gasteiger partial charge in [-0.15, -0.1) is 0 Å². The number of rotatable bonds is 9. The number of amides is 2. The molecule has 7 nitrogen and oxygen atoms in total. The van der Waals surface area contributed by atoms with Gasteiger partial charge in [0.15, 0.2) is 0 Å². The Morgan fingerprint density at radius 2 is 1.53 bits per heavy atom. The molecule has 3 aromatic carbocycles.